The molecule has 0 saturated carbocycles. The van der Waals surface area contributed by atoms with E-state index in [4.69, 9.17) is 0 Å². The molecule has 18 heavy (non-hydrogen) atoms. The summed E-state index contributed by atoms with van der Waals surface area (Å²) in [6.07, 6.45) is 0. The van der Waals surface area contributed by atoms with E-state index in [1.54, 1.807) is 17.4 Å². The Morgan fingerprint density at radius 1 is 1.44 bits per heavy atom. The predicted octanol–water partition coefficient (Wildman–Crippen LogP) is 3.20. The van der Waals surface area contributed by atoms with Crippen LogP contribution in [0.5, 0.6) is 5.75 Å². The molecule has 0 aliphatic heterocycles. The summed E-state index contributed by atoms with van der Waals surface area (Å²) in [4.78, 5) is 19.8. The summed E-state index contributed by atoms with van der Waals surface area (Å²) in [5.41, 5.74) is 1.63. The molecule has 3 rings (SSSR count). The highest BCUT2D eigenvalue weighted by atomic mass is 32.1. The van der Waals surface area contributed by atoms with Crippen LogP contribution in [0.1, 0.15) is 17.3 Å². The molecule has 0 radical (unpaired) electrons. The number of phenols is 1. The number of fused-ring (bicyclic) bond motifs is 1. The minimum Gasteiger partial charge on any atom is -0.506 e. The van der Waals surface area contributed by atoms with E-state index in [1.807, 2.05) is 17.5 Å². The zero-order chi connectivity index (χ0) is 12.7. The molecule has 0 aliphatic rings. The van der Waals surface area contributed by atoms with Gasteiger partial charge in [-0.1, -0.05) is 6.07 Å². The van der Waals surface area contributed by atoms with Gasteiger partial charge in [0.25, 0.3) is 0 Å². The molecule has 4 nitrogen and oxygen atoms in total. The number of carbonyl (C=O) groups excluding carboxylic acids is 1. The van der Waals surface area contributed by atoms with Crippen molar-refractivity contribution in [2.45, 2.75) is 6.92 Å². The van der Waals surface area contributed by atoms with Gasteiger partial charge in [0.05, 0.1) is 10.4 Å². The molecule has 0 fully saturated rings. The Morgan fingerprint density at radius 3 is 2.94 bits per heavy atom. The number of imidazole rings is 1. The van der Waals surface area contributed by atoms with Crippen molar-refractivity contribution in [2.24, 2.45) is 0 Å². The predicted molar refractivity (Wildman–Crippen MR) is 71.1 cm³/mol. The van der Waals surface area contributed by atoms with Gasteiger partial charge >= 0.3 is 0 Å². The van der Waals surface area contributed by atoms with E-state index < -0.39 is 0 Å². The lowest BCUT2D eigenvalue weighted by molar-refractivity contribution is 0.101. The summed E-state index contributed by atoms with van der Waals surface area (Å²) in [7, 11) is 0. The summed E-state index contributed by atoms with van der Waals surface area (Å²) in [6, 6.07) is 7.05. The van der Waals surface area contributed by atoms with Crippen LogP contribution in [0.2, 0.25) is 0 Å². The topological polar surface area (TPSA) is 66.0 Å². The number of aromatic amines is 1. The van der Waals surface area contributed by atoms with Crippen molar-refractivity contribution < 1.29 is 9.90 Å². The summed E-state index contributed by atoms with van der Waals surface area (Å²) in [5, 5.41) is 11.8. The lowest BCUT2D eigenvalue weighted by Gasteiger charge is -1.97. The largest absolute Gasteiger partial charge is 0.506 e. The van der Waals surface area contributed by atoms with Gasteiger partial charge in [-0.15, -0.1) is 11.3 Å². The molecule has 2 N–H and O–H groups in total. The molecular formula is C13H10N2O2S. The van der Waals surface area contributed by atoms with Crippen LogP contribution in [0, 0.1) is 0 Å². The summed E-state index contributed by atoms with van der Waals surface area (Å²) < 4.78 is 0. The third kappa shape index (κ3) is 1.69. The maximum Gasteiger partial charge on any atom is 0.160 e. The minimum absolute atomic E-state index is 0.0248. The number of thiophene rings is 1. The van der Waals surface area contributed by atoms with Crippen molar-refractivity contribution in [3.8, 4) is 16.5 Å². The fourth-order valence-corrected chi connectivity index (χ4v) is 2.50. The fraction of sp³-hybridized carbons (Fsp3) is 0.0769. The van der Waals surface area contributed by atoms with Crippen LogP contribution >= 0.6 is 11.3 Å². The Bertz CT molecular complexity index is 729. The fourth-order valence-electron chi connectivity index (χ4n) is 1.83. The molecule has 1 aromatic carbocycles. The number of aromatic nitrogens is 2. The number of nitrogens with zero attached hydrogens (tertiary/aromatic N) is 1. The Hall–Kier alpha value is -2.14. The molecule has 0 bridgehead atoms. The molecule has 0 saturated heterocycles. The number of hydrogen-bond acceptors (Lipinski definition) is 4. The Morgan fingerprint density at radius 2 is 2.28 bits per heavy atom. The van der Waals surface area contributed by atoms with E-state index in [9.17, 15) is 9.90 Å². The summed E-state index contributed by atoms with van der Waals surface area (Å²) >= 11 is 1.57. The lowest BCUT2D eigenvalue weighted by atomic mass is 10.1. The van der Waals surface area contributed by atoms with E-state index in [0.29, 0.717) is 22.4 Å². The van der Waals surface area contributed by atoms with Gasteiger partial charge in [0.1, 0.15) is 17.1 Å². The van der Waals surface area contributed by atoms with Gasteiger partial charge in [-0.25, -0.2) is 4.98 Å². The average Bonchev–Trinajstić information content (AvgIpc) is 2.96. The van der Waals surface area contributed by atoms with Crippen LogP contribution in [0.25, 0.3) is 21.7 Å². The monoisotopic (exact) mass is 258 g/mol. The van der Waals surface area contributed by atoms with Crippen molar-refractivity contribution in [3.05, 3.63) is 35.2 Å². The normalized spacial score (nSPS) is 10.9. The highest BCUT2D eigenvalue weighted by Crippen LogP contribution is 2.29. The molecule has 90 valence electrons. The number of ketones is 1. The van der Waals surface area contributed by atoms with Crippen LogP contribution in [0.3, 0.4) is 0 Å². The molecule has 2 aromatic heterocycles. The van der Waals surface area contributed by atoms with E-state index in [1.165, 1.54) is 13.0 Å². The molecule has 3 aromatic rings. The average molecular weight is 258 g/mol. The zero-order valence-corrected chi connectivity index (χ0v) is 10.4. The summed E-state index contributed by atoms with van der Waals surface area (Å²) in [6.45, 7) is 1.47. The van der Waals surface area contributed by atoms with Crippen molar-refractivity contribution in [1.82, 2.24) is 9.97 Å². The Balaban J connectivity index is 2.23. The second kappa shape index (κ2) is 3.96. The second-order valence-corrected chi connectivity index (χ2v) is 4.96. The smallest absolute Gasteiger partial charge is 0.160 e. The van der Waals surface area contributed by atoms with Gasteiger partial charge in [0.15, 0.2) is 5.78 Å². The third-order valence-electron chi connectivity index (χ3n) is 2.73. The third-order valence-corrected chi connectivity index (χ3v) is 3.60. The highest BCUT2D eigenvalue weighted by Gasteiger charge is 2.12. The van der Waals surface area contributed by atoms with Crippen molar-refractivity contribution in [3.63, 3.8) is 0 Å². The first kappa shape index (κ1) is 11.0. The number of Topliss-reactive ketones (excluding diaryl/α,β-unsaturated/α-hetero) is 1. The first-order chi connectivity index (χ1) is 8.65. The number of benzene rings is 1. The number of nitrogens with one attached hydrogen (secondary N) is 1. The molecule has 0 unspecified atom stereocenters. The lowest BCUT2D eigenvalue weighted by Crippen LogP contribution is -1.91. The molecule has 2 heterocycles. The Labute approximate surface area is 107 Å². The molecule has 0 atom stereocenters. The number of phenolic OH excluding ortho intramolecular Hbond substituents is 1. The SMILES string of the molecule is CC(=O)c1cc(O)c2nc(-c3cccs3)[nH]c2c1. The maximum atomic E-state index is 11.3. The maximum absolute atomic E-state index is 11.3. The number of carbonyl (C=O) groups is 1. The quantitative estimate of drug-likeness (QED) is 0.694. The van der Waals surface area contributed by atoms with Crippen molar-refractivity contribution in [2.75, 3.05) is 0 Å². The molecule has 5 heteroatoms. The van der Waals surface area contributed by atoms with Gasteiger partial charge in [0.2, 0.25) is 0 Å². The number of aromatic hydroxyl groups is 1. The summed E-state index contributed by atoms with van der Waals surface area (Å²) in [5.74, 6) is 0.646. The zero-order valence-electron chi connectivity index (χ0n) is 9.60. The van der Waals surface area contributed by atoms with Crippen molar-refractivity contribution >= 4 is 28.2 Å². The first-order valence-corrected chi connectivity index (χ1v) is 6.30. The van der Waals surface area contributed by atoms with Gasteiger partial charge in [-0.05, 0) is 30.5 Å². The second-order valence-electron chi connectivity index (χ2n) is 4.01. The standard InChI is InChI=1S/C13H10N2O2S/c1-7(16)8-5-9-12(10(17)6-8)15-13(14-9)11-3-2-4-18-11/h2-6,17H,1H3,(H,14,15). The van der Waals surface area contributed by atoms with Gasteiger partial charge in [-0.2, -0.15) is 0 Å². The van der Waals surface area contributed by atoms with Gasteiger partial charge < -0.3 is 10.1 Å². The number of H-pyrrole nitrogens is 1. The molecule has 0 spiro atoms. The van der Waals surface area contributed by atoms with Gasteiger partial charge in [-0.3, -0.25) is 4.79 Å². The van der Waals surface area contributed by atoms with Crippen LogP contribution in [-0.4, -0.2) is 20.9 Å². The molecule has 0 aliphatic carbocycles. The minimum atomic E-state index is -0.0838. The van der Waals surface area contributed by atoms with Crippen LogP contribution in [0.4, 0.5) is 0 Å². The number of hydrogen-bond donors (Lipinski definition) is 2. The molecule has 0 amide bonds. The highest BCUT2D eigenvalue weighted by molar-refractivity contribution is 7.13. The van der Waals surface area contributed by atoms with Gasteiger partial charge in [0, 0.05) is 5.56 Å². The van der Waals surface area contributed by atoms with Crippen LogP contribution in [0.15, 0.2) is 29.6 Å². The van der Waals surface area contributed by atoms with E-state index in [2.05, 4.69) is 9.97 Å². The first-order valence-electron chi connectivity index (χ1n) is 5.42. The molecular weight excluding hydrogens is 248 g/mol. The number of rotatable bonds is 2. The Kier molecular flexibility index (Phi) is 2.41. The van der Waals surface area contributed by atoms with E-state index in [-0.39, 0.29) is 11.5 Å². The van der Waals surface area contributed by atoms with E-state index >= 15 is 0 Å². The van der Waals surface area contributed by atoms with E-state index in [0.717, 1.165) is 4.88 Å². The van der Waals surface area contributed by atoms with Crippen LogP contribution < -0.4 is 0 Å². The van der Waals surface area contributed by atoms with Crippen LogP contribution in [-0.2, 0) is 0 Å². The van der Waals surface area contributed by atoms with Crippen molar-refractivity contribution in [1.29, 1.82) is 0 Å².